The van der Waals surface area contributed by atoms with E-state index in [1.807, 2.05) is 6.07 Å². The molecule has 0 amide bonds. The van der Waals surface area contributed by atoms with Crippen LogP contribution in [0.2, 0.25) is 0 Å². The van der Waals surface area contributed by atoms with Crippen molar-refractivity contribution in [2.75, 3.05) is 5.73 Å². The Hall–Kier alpha value is -1.39. The summed E-state index contributed by atoms with van der Waals surface area (Å²) in [4.78, 5) is 6.31. The number of nitrogen functional groups attached to an aromatic ring is 1. The largest absolute Gasteiger partial charge is 0.390 e. The fourth-order valence-corrected chi connectivity index (χ4v) is 5.79. The van der Waals surface area contributed by atoms with Gasteiger partial charge in [0.2, 0.25) is 0 Å². The first-order chi connectivity index (χ1) is 10.1. The molecular formula is C17H18N2S2. The van der Waals surface area contributed by atoms with E-state index in [9.17, 15) is 0 Å². The Morgan fingerprint density at radius 2 is 2.00 bits per heavy atom. The molecule has 1 aromatic carbocycles. The number of benzene rings is 1. The van der Waals surface area contributed by atoms with Gasteiger partial charge in [0.25, 0.3) is 0 Å². The number of hydrogen-bond acceptors (Lipinski definition) is 4. The highest BCUT2D eigenvalue weighted by molar-refractivity contribution is 7.22. The smallest absolute Gasteiger partial charge is 0.127 e. The summed E-state index contributed by atoms with van der Waals surface area (Å²) < 4.78 is 1.24. The van der Waals surface area contributed by atoms with Gasteiger partial charge in [-0.05, 0) is 42.4 Å². The molecule has 0 saturated heterocycles. The summed E-state index contributed by atoms with van der Waals surface area (Å²) in [6.45, 7) is 4.68. The van der Waals surface area contributed by atoms with Crippen molar-refractivity contribution in [1.82, 2.24) is 4.98 Å². The quantitative estimate of drug-likeness (QED) is 0.668. The zero-order valence-corrected chi connectivity index (χ0v) is 13.9. The molecule has 1 aliphatic rings. The molecular weight excluding hydrogens is 296 g/mol. The lowest BCUT2D eigenvalue weighted by Gasteiger charge is -2.31. The molecule has 0 bridgehead atoms. The lowest BCUT2D eigenvalue weighted by Crippen LogP contribution is -2.23. The highest BCUT2D eigenvalue weighted by Crippen LogP contribution is 2.50. The molecule has 3 aromatic rings. The van der Waals surface area contributed by atoms with Gasteiger partial charge in [-0.1, -0.05) is 26.0 Å². The Bertz CT molecular complexity index is 794. The average Bonchev–Trinajstić information content (AvgIpc) is 2.98. The van der Waals surface area contributed by atoms with Gasteiger partial charge in [-0.3, -0.25) is 0 Å². The Morgan fingerprint density at radius 3 is 2.81 bits per heavy atom. The number of nitrogens with two attached hydrogens (primary N) is 1. The average molecular weight is 314 g/mol. The SMILES string of the molecule is CC1(C)CCCc2sc(N)c(-c3nc4ccccc4s3)c21. The maximum absolute atomic E-state index is 6.38. The molecule has 2 N–H and O–H groups in total. The number of aromatic nitrogens is 1. The molecule has 0 radical (unpaired) electrons. The highest BCUT2D eigenvalue weighted by atomic mass is 32.1. The number of fused-ring (bicyclic) bond motifs is 2. The minimum absolute atomic E-state index is 0.203. The second-order valence-electron chi connectivity index (χ2n) is 6.36. The van der Waals surface area contributed by atoms with Gasteiger partial charge in [-0.2, -0.15) is 0 Å². The van der Waals surface area contributed by atoms with Crippen molar-refractivity contribution in [3.63, 3.8) is 0 Å². The van der Waals surface area contributed by atoms with E-state index in [0.29, 0.717) is 0 Å². The molecule has 2 aromatic heterocycles. The summed E-state index contributed by atoms with van der Waals surface area (Å²) in [7, 11) is 0. The van der Waals surface area contributed by atoms with Crippen LogP contribution in [0.1, 0.15) is 37.1 Å². The van der Waals surface area contributed by atoms with Gasteiger partial charge in [0.15, 0.2) is 0 Å². The number of anilines is 1. The molecule has 0 spiro atoms. The topological polar surface area (TPSA) is 38.9 Å². The lowest BCUT2D eigenvalue weighted by molar-refractivity contribution is 0.438. The summed E-state index contributed by atoms with van der Waals surface area (Å²) in [6.07, 6.45) is 3.66. The fraction of sp³-hybridized carbons (Fsp3) is 0.353. The number of hydrogen-bond donors (Lipinski definition) is 1. The second-order valence-corrected chi connectivity index (χ2v) is 8.53. The number of thiophene rings is 1. The summed E-state index contributed by atoms with van der Waals surface area (Å²) in [5.41, 5.74) is 10.3. The highest BCUT2D eigenvalue weighted by Gasteiger charge is 2.34. The van der Waals surface area contributed by atoms with Crippen molar-refractivity contribution in [3.8, 4) is 10.6 Å². The van der Waals surface area contributed by atoms with Gasteiger partial charge < -0.3 is 5.73 Å². The number of para-hydroxylation sites is 1. The van der Waals surface area contributed by atoms with E-state index in [1.54, 1.807) is 22.7 Å². The first kappa shape index (κ1) is 13.3. The van der Waals surface area contributed by atoms with Crippen LogP contribution >= 0.6 is 22.7 Å². The Morgan fingerprint density at radius 1 is 1.19 bits per heavy atom. The van der Waals surface area contributed by atoms with Crippen molar-refractivity contribution in [3.05, 3.63) is 34.7 Å². The predicted octanol–water partition coefficient (Wildman–Crippen LogP) is 5.22. The van der Waals surface area contributed by atoms with E-state index in [1.165, 1.54) is 40.0 Å². The van der Waals surface area contributed by atoms with Crippen molar-refractivity contribution >= 4 is 37.9 Å². The van der Waals surface area contributed by atoms with Gasteiger partial charge >= 0.3 is 0 Å². The van der Waals surface area contributed by atoms with Crippen molar-refractivity contribution in [1.29, 1.82) is 0 Å². The molecule has 0 aliphatic heterocycles. The molecule has 2 nitrogen and oxygen atoms in total. The van der Waals surface area contributed by atoms with Crippen LogP contribution < -0.4 is 5.73 Å². The van der Waals surface area contributed by atoms with Crippen LogP contribution in [0.4, 0.5) is 5.00 Å². The van der Waals surface area contributed by atoms with Crippen molar-refractivity contribution in [2.45, 2.75) is 38.5 Å². The molecule has 108 valence electrons. The molecule has 0 saturated carbocycles. The van der Waals surface area contributed by atoms with Gasteiger partial charge in [0, 0.05) is 10.4 Å². The molecule has 4 heteroatoms. The van der Waals surface area contributed by atoms with Crippen LogP contribution in [0.15, 0.2) is 24.3 Å². The number of thiazole rings is 1. The van der Waals surface area contributed by atoms with E-state index in [0.717, 1.165) is 15.5 Å². The van der Waals surface area contributed by atoms with Gasteiger partial charge in [-0.25, -0.2) is 4.98 Å². The van der Waals surface area contributed by atoms with Gasteiger partial charge in [0.05, 0.1) is 15.2 Å². The van der Waals surface area contributed by atoms with E-state index >= 15 is 0 Å². The molecule has 0 atom stereocenters. The fourth-order valence-electron chi connectivity index (χ4n) is 3.40. The summed E-state index contributed by atoms with van der Waals surface area (Å²) in [5.74, 6) is 0. The van der Waals surface area contributed by atoms with E-state index in [4.69, 9.17) is 10.7 Å². The maximum Gasteiger partial charge on any atom is 0.127 e. The molecule has 0 fully saturated rings. The minimum Gasteiger partial charge on any atom is -0.390 e. The van der Waals surface area contributed by atoms with E-state index in [-0.39, 0.29) is 5.41 Å². The molecule has 2 heterocycles. The number of aryl methyl sites for hydroxylation is 1. The number of rotatable bonds is 1. The standard InChI is InChI=1S/C17H18N2S2/c1-17(2)9-5-8-12-14(17)13(15(18)20-12)16-19-10-6-3-4-7-11(10)21-16/h3-4,6-7H,5,8-9,18H2,1-2H3. The Balaban J connectivity index is 1.98. The number of nitrogens with zero attached hydrogens (tertiary/aromatic N) is 1. The zero-order chi connectivity index (χ0) is 14.6. The summed E-state index contributed by atoms with van der Waals surface area (Å²) in [6, 6.07) is 8.33. The monoisotopic (exact) mass is 314 g/mol. The molecule has 1 aliphatic carbocycles. The van der Waals surface area contributed by atoms with Gasteiger partial charge in [-0.15, -0.1) is 22.7 Å². The van der Waals surface area contributed by atoms with Crippen LogP contribution in [0.25, 0.3) is 20.8 Å². The van der Waals surface area contributed by atoms with Crippen LogP contribution in [0, 0.1) is 0 Å². The van der Waals surface area contributed by atoms with E-state index in [2.05, 4.69) is 32.0 Å². The molecule has 0 unspecified atom stereocenters. The molecule has 21 heavy (non-hydrogen) atoms. The Kier molecular flexibility index (Phi) is 2.88. The predicted molar refractivity (Wildman–Crippen MR) is 93.3 cm³/mol. The maximum atomic E-state index is 6.38. The second kappa shape index (κ2) is 4.55. The minimum atomic E-state index is 0.203. The first-order valence-electron chi connectivity index (χ1n) is 7.34. The Labute approximate surface area is 132 Å². The van der Waals surface area contributed by atoms with Crippen LogP contribution in [0.3, 0.4) is 0 Å². The third kappa shape index (κ3) is 2.00. The lowest BCUT2D eigenvalue weighted by atomic mass is 9.74. The summed E-state index contributed by atoms with van der Waals surface area (Å²) in [5, 5.41) is 2.02. The summed E-state index contributed by atoms with van der Waals surface area (Å²) >= 11 is 3.53. The van der Waals surface area contributed by atoms with Crippen LogP contribution in [-0.2, 0) is 11.8 Å². The first-order valence-corrected chi connectivity index (χ1v) is 8.97. The van der Waals surface area contributed by atoms with Crippen molar-refractivity contribution in [2.24, 2.45) is 0 Å². The van der Waals surface area contributed by atoms with Gasteiger partial charge in [0.1, 0.15) is 5.01 Å². The van der Waals surface area contributed by atoms with Crippen LogP contribution in [0.5, 0.6) is 0 Å². The third-order valence-corrected chi connectivity index (χ3v) is 6.53. The molecule has 4 rings (SSSR count). The third-order valence-electron chi connectivity index (χ3n) is 4.40. The zero-order valence-electron chi connectivity index (χ0n) is 12.3. The van der Waals surface area contributed by atoms with Crippen LogP contribution in [-0.4, -0.2) is 4.98 Å². The normalized spacial score (nSPS) is 17.0. The van der Waals surface area contributed by atoms with Crippen molar-refractivity contribution < 1.29 is 0 Å². The van der Waals surface area contributed by atoms with E-state index < -0.39 is 0 Å².